The first-order valence-electron chi connectivity index (χ1n) is 6.01. The molecule has 2 unspecified atom stereocenters. The van der Waals surface area contributed by atoms with Crippen molar-refractivity contribution in [3.63, 3.8) is 0 Å². The lowest BCUT2D eigenvalue weighted by atomic mass is 10.2. The summed E-state index contributed by atoms with van der Waals surface area (Å²) in [4.78, 5) is 12.4. The van der Waals surface area contributed by atoms with Crippen molar-refractivity contribution in [2.75, 3.05) is 12.3 Å². The fraction of sp³-hybridized carbons (Fsp3) is 0.462. The Morgan fingerprint density at radius 1 is 1.50 bits per heavy atom. The van der Waals surface area contributed by atoms with Crippen LogP contribution in [0.2, 0.25) is 0 Å². The van der Waals surface area contributed by atoms with E-state index in [1.165, 1.54) is 0 Å². The second-order valence-electron chi connectivity index (χ2n) is 4.25. The molecule has 0 aliphatic carbocycles. The zero-order valence-electron chi connectivity index (χ0n) is 11.0. The van der Waals surface area contributed by atoms with E-state index >= 15 is 0 Å². The number of anilines is 1. The van der Waals surface area contributed by atoms with Crippen LogP contribution in [0.1, 0.15) is 25.8 Å². The van der Waals surface area contributed by atoms with E-state index in [0.29, 0.717) is 17.1 Å². The Bertz CT molecular complexity index is 460. The molecule has 0 aromatic heterocycles. The molecule has 0 saturated heterocycles. The van der Waals surface area contributed by atoms with Crippen molar-refractivity contribution in [3.05, 3.63) is 23.8 Å². The van der Waals surface area contributed by atoms with Gasteiger partial charge in [0.05, 0.1) is 10.8 Å². The number of amides is 1. The normalized spacial score (nSPS) is 13.9. The molecule has 1 amide bonds. The minimum absolute atomic E-state index is 0.176. The first-order valence-corrected chi connectivity index (χ1v) is 7.23. The van der Waals surface area contributed by atoms with Crippen LogP contribution in [0.3, 0.4) is 0 Å². The molecule has 0 bridgehead atoms. The number of rotatable bonds is 5. The molecule has 0 spiro atoms. The smallest absolute Gasteiger partial charge is 0.235 e. The van der Waals surface area contributed by atoms with Gasteiger partial charge in [-0.05, 0) is 44.0 Å². The van der Waals surface area contributed by atoms with Gasteiger partial charge in [0.1, 0.15) is 5.25 Å². The van der Waals surface area contributed by atoms with Crippen molar-refractivity contribution in [3.8, 4) is 0 Å². The molecule has 1 rings (SSSR count). The first kappa shape index (κ1) is 14.7. The van der Waals surface area contributed by atoms with Gasteiger partial charge >= 0.3 is 0 Å². The second kappa shape index (κ2) is 6.54. The summed E-state index contributed by atoms with van der Waals surface area (Å²) in [5.41, 5.74) is 7.25. The number of hydrogen-bond donors (Lipinski definition) is 2. The fourth-order valence-electron chi connectivity index (χ4n) is 1.47. The molecule has 4 nitrogen and oxygen atoms in total. The van der Waals surface area contributed by atoms with E-state index < -0.39 is 16.0 Å². The van der Waals surface area contributed by atoms with Crippen LogP contribution in [0.15, 0.2) is 23.1 Å². The lowest BCUT2D eigenvalue weighted by Crippen LogP contribution is -2.35. The van der Waals surface area contributed by atoms with Gasteiger partial charge in [-0.2, -0.15) is 0 Å². The molecule has 0 radical (unpaired) electrons. The van der Waals surface area contributed by atoms with E-state index in [2.05, 4.69) is 5.32 Å². The standard InChI is InChI=1S/C13H20N2O2S/c1-4-7-15-13(16)10(3)18(17)11-5-6-12(14)9(2)8-11/h5-6,8,10H,4,7,14H2,1-3H3,(H,15,16). The van der Waals surface area contributed by atoms with E-state index in [0.717, 1.165) is 12.0 Å². The summed E-state index contributed by atoms with van der Waals surface area (Å²) in [5, 5.41) is 2.20. The quantitative estimate of drug-likeness (QED) is 0.797. The highest BCUT2D eigenvalue weighted by atomic mass is 32.2. The highest BCUT2D eigenvalue weighted by Gasteiger charge is 2.21. The Hall–Kier alpha value is -1.36. The molecule has 0 heterocycles. The van der Waals surface area contributed by atoms with Crippen LogP contribution in [0.5, 0.6) is 0 Å². The summed E-state index contributed by atoms with van der Waals surface area (Å²) in [6, 6.07) is 5.20. The van der Waals surface area contributed by atoms with Crippen molar-refractivity contribution in [2.45, 2.75) is 37.3 Å². The summed E-state index contributed by atoms with van der Waals surface area (Å²) in [7, 11) is -1.35. The molecule has 0 fully saturated rings. The van der Waals surface area contributed by atoms with Gasteiger partial charge in [0.15, 0.2) is 0 Å². The molecule has 5 heteroatoms. The third kappa shape index (κ3) is 3.57. The van der Waals surface area contributed by atoms with Crippen LogP contribution in [-0.4, -0.2) is 21.9 Å². The second-order valence-corrected chi connectivity index (χ2v) is 6.02. The van der Waals surface area contributed by atoms with Gasteiger partial charge in [-0.15, -0.1) is 0 Å². The molecule has 0 aliphatic rings. The van der Waals surface area contributed by atoms with Crippen LogP contribution in [-0.2, 0) is 15.6 Å². The summed E-state index contributed by atoms with van der Waals surface area (Å²) in [6.45, 7) is 6.12. The van der Waals surface area contributed by atoms with Crippen LogP contribution < -0.4 is 11.1 Å². The molecular formula is C13H20N2O2S. The van der Waals surface area contributed by atoms with Crippen LogP contribution in [0.4, 0.5) is 5.69 Å². The number of carbonyl (C=O) groups is 1. The third-order valence-electron chi connectivity index (χ3n) is 2.71. The third-order valence-corrected chi connectivity index (χ3v) is 4.29. The molecule has 100 valence electrons. The maximum atomic E-state index is 12.2. The molecule has 0 saturated carbocycles. The first-order chi connectivity index (χ1) is 8.47. The number of nitrogen functional groups attached to an aromatic ring is 1. The molecule has 1 aromatic carbocycles. The van der Waals surface area contributed by atoms with E-state index in [-0.39, 0.29) is 5.91 Å². The molecule has 1 aromatic rings. The highest BCUT2D eigenvalue weighted by Crippen LogP contribution is 2.18. The van der Waals surface area contributed by atoms with Gasteiger partial charge in [0, 0.05) is 17.1 Å². The van der Waals surface area contributed by atoms with E-state index in [1.54, 1.807) is 25.1 Å². The van der Waals surface area contributed by atoms with Gasteiger partial charge in [0.2, 0.25) is 5.91 Å². The summed E-state index contributed by atoms with van der Waals surface area (Å²) >= 11 is 0. The average molecular weight is 268 g/mol. The number of aryl methyl sites for hydroxylation is 1. The SMILES string of the molecule is CCCNC(=O)C(C)S(=O)c1ccc(N)c(C)c1. The van der Waals surface area contributed by atoms with Gasteiger partial charge in [-0.1, -0.05) is 6.92 Å². The monoisotopic (exact) mass is 268 g/mol. The Labute approximate surface area is 110 Å². The lowest BCUT2D eigenvalue weighted by Gasteiger charge is -2.12. The van der Waals surface area contributed by atoms with Crippen molar-refractivity contribution >= 4 is 22.4 Å². The van der Waals surface area contributed by atoms with Crippen LogP contribution >= 0.6 is 0 Å². The Kier molecular flexibility index (Phi) is 5.34. The zero-order chi connectivity index (χ0) is 13.7. The van der Waals surface area contributed by atoms with Crippen molar-refractivity contribution in [1.82, 2.24) is 5.32 Å². The Morgan fingerprint density at radius 3 is 2.72 bits per heavy atom. The predicted molar refractivity (Wildman–Crippen MR) is 74.8 cm³/mol. The largest absolute Gasteiger partial charge is 0.399 e. The average Bonchev–Trinajstić information content (AvgIpc) is 2.37. The molecule has 3 N–H and O–H groups in total. The lowest BCUT2D eigenvalue weighted by molar-refractivity contribution is -0.120. The number of hydrogen-bond acceptors (Lipinski definition) is 3. The maximum Gasteiger partial charge on any atom is 0.235 e. The Morgan fingerprint density at radius 2 is 2.17 bits per heavy atom. The number of carbonyl (C=O) groups excluding carboxylic acids is 1. The molecule has 0 aliphatic heterocycles. The molecule has 2 atom stereocenters. The highest BCUT2D eigenvalue weighted by molar-refractivity contribution is 7.86. The predicted octanol–water partition coefficient (Wildman–Crippen LogP) is 1.60. The number of nitrogens with two attached hydrogens (primary N) is 1. The number of nitrogens with one attached hydrogen (secondary N) is 1. The van der Waals surface area contributed by atoms with E-state index in [9.17, 15) is 9.00 Å². The van der Waals surface area contributed by atoms with Gasteiger partial charge < -0.3 is 11.1 Å². The van der Waals surface area contributed by atoms with E-state index in [1.807, 2.05) is 13.8 Å². The van der Waals surface area contributed by atoms with Crippen molar-refractivity contribution in [1.29, 1.82) is 0 Å². The van der Waals surface area contributed by atoms with Gasteiger partial charge in [0.25, 0.3) is 0 Å². The summed E-state index contributed by atoms with van der Waals surface area (Å²) < 4.78 is 12.2. The van der Waals surface area contributed by atoms with Crippen LogP contribution in [0.25, 0.3) is 0 Å². The van der Waals surface area contributed by atoms with Gasteiger partial charge in [-0.25, -0.2) is 0 Å². The van der Waals surface area contributed by atoms with Gasteiger partial charge in [-0.3, -0.25) is 9.00 Å². The zero-order valence-corrected chi connectivity index (χ0v) is 11.8. The minimum atomic E-state index is -1.35. The Balaban J connectivity index is 2.79. The maximum absolute atomic E-state index is 12.2. The topological polar surface area (TPSA) is 72.2 Å². The van der Waals surface area contributed by atoms with E-state index in [4.69, 9.17) is 5.73 Å². The van der Waals surface area contributed by atoms with Crippen LogP contribution in [0, 0.1) is 6.92 Å². The summed E-state index contributed by atoms with van der Waals surface area (Å²) in [5.74, 6) is -0.176. The van der Waals surface area contributed by atoms with Crippen molar-refractivity contribution in [2.24, 2.45) is 0 Å². The minimum Gasteiger partial charge on any atom is -0.399 e. The molecule has 18 heavy (non-hydrogen) atoms. The number of benzene rings is 1. The van der Waals surface area contributed by atoms with Crippen molar-refractivity contribution < 1.29 is 9.00 Å². The summed E-state index contributed by atoms with van der Waals surface area (Å²) in [6.07, 6.45) is 0.867. The molecular weight excluding hydrogens is 248 g/mol. The fourth-order valence-corrected chi connectivity index (χ4v) is 2.65.